The van der Waals surface area contributed by atoms with Gasteiger partial charge in [0, 0.05) is 32.4 Å². The van der Waals surface area contributed by atoms with Gasteiger partial charge in [-0.1, -0.05) is 0 Å². The van der Waals surface area contributed by atoms with E-state index in [4.69, 9.17) is 0 Å². The number of rotatable bonds is 2. The summed E-state index contributed by atoms with van der Waals surface area (Å²) in [6.45, 7) is 4.39. The van der Waals surface area contributed by atoms with Gasteiger partial charge in [-0.2, -0.15) is 13.2 Å². The van der Waals surface area contributed by atoms with Crippen LogP contribution in [0.5, 0.6) is 0 Å². The first-order chi connectivity index (χ1) is 13.4. The molecule has 1 N–H and O–H groups in total. The molecule has 9 heteroatoms. The maximum atomic E-state index is 13.4. The standard InChI is InChI=1S/C20H27F3N4O.ClH/c21-20(22,23)17-4-1-7-25-18(17)27-8-2-3-16(13-27)19(28)26-9-5-14-11-24-12-15(14)6-10-26;/h1,4,7,14-16,24H,2-3,5-6,8-13H2;1H/t14-,15+,16?;. The minimum atomic E-state index is -4.45. The minimum Gasteiger partial charge on any atom is -0.355 e. The summed E-state index contributed by atoms with van der Waals surface area (Å²) in [6, 6.07) is 2.37. The first-order valence-electron chi connectivity index (χ1n) is 10.2. The molecule has 1 aromatic heterocycles. The largest absolute Gasteiger partial charge is 0.419 e. The van der Waals surface area contributed by atoms with E-state index >= 15 is 0 Å². The van der Waals surface area contributed by atoms with E-state index in [-0.39, 0.29) is 30.0 Å². The van der Waals surface area contributed by atoms with Gasteiger partial charge >= 0.3 is 6.18 Å². The normalized spacial score (nSPS) is 27.8. The van der Waals surface area contributed by atoms with Crippen molar-refractivity contribution in [2.45, 2.75) is 31.9 Å². The summed E-state index contributed by atoms with van der Waals surface area (Å²) in [5.74, 6) is 1.08. The van der Waals surface area contributed by atoms with Gasteiger partial charge in [-0.05, 0) is 62.7 Å². The lowest BCUT2D eigenvalue weighted by Crippen LogP contribution is -2.46. The number of pyridine rings is 1. The van der Waals surface area contributed by atoms with Crippen LogP contribution in [0.3, 0.4) is 0 Å². The second kappa shape index (κ2) is 9.08. The quantitative estimate of drug-likeness (QED) is 0.779. The molecule has 1 amide bonds. The fraction of sp³-hybridized carbons (Fsp3) is 0.700. The van der Waals surface area contributed by atoms with Crippen LogP contribution in [0.25, 0.3) is 0 Å². The number of alkyl halides is 3. The molecule has 1 aromatic rings. The number of hydrogen-bond acceptors (Lipinski definition) is 4. The molecule has 3 aliphatic rings. The zero-order chi connectivity index (χ0) is 19.7. The molecule has 0 spiro atoms. The van der Waals surface area contributed by atoms with E-state index in [0.29, 0.717) is 31.3 Å². The Hall–Kier alpha value is -1.54. The number of carbonyl (C=O) groups excluding carboxylic acids is 1. The van der Waals surface area contributed by atoms with E-state index in [2.05, 4.69) is 10.3 Å². The number of likely N-dealkylation sites (tertiary alicyclic amines) is 1. The summed E-state index contributed by atoms with van der Waals surface area (Å²) in [6.07, 6.45) is 0.396. The Labute approximate surface area is 175 Å². The molecule has 1 unspecified atom stereocenters. The maximum Gasteiger partial charge on any atom is 0.419 e. The van der Waals surface area contributed by atoms with E-state index in [1.165, 1.54) is 12.3 Å². The maximum absolute atomic E-state index is 13.4. The topological polar surface area (TPSA) is 48.5 Å². The summed E-state index contributed by atoms with van der Waals surface area (Å²) >= 11 is 0. The van der Waals surface area contributed by atoms with Gasteiger partial charge in [0.15, 0.2) is 0 Å². The smallest absolute Gasteiger partial charge is 0.355 e. The van der Waals surface area contributed by atoms with Crippen LogP contribution >= 0.6 is 12.4 Å². The van der Waals surface area contributed by atoms with Gasteiger partial charge in [0.2, 0.25) is 5.91 Å². The number of amides is 1. The summed E-state index contributed by atoms with van der Waals surface area (Å²) in [4.78, 5) is 20.7. The molecule has 0 radical (unpaired) electrons. The van der Waals surface area contributed by atoms with Crippen LogP contribution in [0.15, 0.2) is 18.3 Å². The minimum absolute atomic E-state index is 0. The molecule has 5 nitrogen and oxygen atoms in total. The summed E-state index contributed by atoms with van der Waals surface area (Å²) < 4.78 is 40.1. The van der Waals surface area contributed by atoms with Crippen molar-refractivity contribution in [3.63, 3.8) is 0 Å². The number of aromatic nitrogens is 1. The van der Waals surface area contributed by atoms with E-state index in [1.54, 1.807) is 4.90 Å². The number of nitrogens with zero attached hydrogens (tertiary/aromatic N) is 3. The molecule has 3 aliphatic heterocycles. The monoisotopic (exact) mass is 432 g/mol. The van der Waals surface area contributed by atoms with Crippen LogP contribution in [-0.4, -0.2) is 55.1 Å². The van der Waals surface area contributed by atoms with Crippen molar-refractivity contribution in [2.75, 3.05) is 44.2 Å². The molecule has 3 saturated heterocycles. The average Bonchev–Trinajstić information content (AvgIpc) is 3.05. The number of halogens is 4. The zero-order valence-corrected chi connectivity index (χ0v) is 17.1. The van der Waals surface area contributed by atoms with Crippen molar-refractivity contribution < 1.29 is 18.0 Å². The van der Waals surface area contributed by atoms with Crippen molar-refractivity contribution in [2.24, 2.45) is 17.8 Å². The van der Waals surface area contributed by atoms with Crippen molar-refractivity contribution in [3.8, 4) is 0 Å². The second-order valence-corrected chi connectivity index (χ2v) is 8.24. The van der Waals surface area contributed by atoms with Gasteiger partial charge in [0.25, 0.3) is 0 Å². The Balaban J connectivity index is 0.00000240. The lowest BCUT2D eigenvalue weighted by molar-refractivity contribution is -0.137. The predicted molar refractivity (Wildman–Crippen MR) is 107 cm³/mol. The van der Waals surface area contributed by atoms with Gasteiger partial charge < -0.3 is 15.1 Å². The second-order valence-electron chi connectivity index (χ2n) is 8.24. The molecule has 162 valence electrons. The van der Waals surface area contributed by atoms with Crippen molar-refractivity contribution in [1.82, 2.24) is 15.2 Å². The third kappa shape index (κ3) is 4.79. The average molecular weight is 433 g/mol. The molecule has 4 rings (SSSR count). The first kappa shape index (κ1) is 22.2. The fourth-order valence-corrected chi connectivity index (χ4v) is 4.94. The van der Waals surface area contributed by atoms with E-state index < -0.39 is 11.7 Å². The van der Waals surface area contributed by atoms with E-state index in [9.17, 15) is 18.0 Å². The van der Waals surface area contributed by atoms with Crippen molar-refractivity contribution in [1.29, 1.82) is 0 Å². The van der Waals surface area contributed by atoms with Gasteiger partial charge in [-0.25, -0.2) is 4.98 Å². The van der Waals surface area contributed by atoms with E-state index in [0.717, 1.165) is 51.5 Å². The Morgan fingerprint density at radius 1 is 1.10 bits per heavy atom. The van der Waals surface area contributed by atoms with Crippen LogP contribution in [0, 0.1) is 17.8 Å². The Morgan fingerprint density at radius 2 is 1.79 bits per heavy atom. The molecule has 0 bridgehead atoms. The molecule has 29 heavy (non-hydrogen) atoms. The fourth-order valence-electron chi connectivity index (χ4n) is 4.94. The van der Waals surface area contributed by atoms with Crippen molar-refractivity contribution >= 4 is 24.1 Å². The third-order valence-corrected chi connectivity index (χ3v) is 6.49. The first-order valence-corrected chi connectivity index (χ1v) is 10.2. The summed E-state index contributed by atoms with van der Waals surface area (Å²) in [7, 11) is 0. The number of nitrogens with one attached hydrogen (secondary N) is 1. The van der Waals surface area contributed by atoms with E-state index in [1.807, 2.05) is 4.90 Å². The van der Waals surface area contributed by atoms with Crippen LogP contribution in [-0.2, 0) is 11.0 Å². The van der Waals surface area contributed by atoms with Crippen molar-refractivity contribution in [3.05, 3.63) is 23.9 Å². The Kier molecular flexibility index (Phi) is 6.94. The third-order valence-electron chi connectivity index (χ3n) is 6.49. The van der Waals surface area contributed by atoms with Crippen LogP contribution in [0.4, 0.5) is 19.0 Å². The van der Waals surface area contributed by atoms with Gasteiger partial charge in [0.05, 0.1) is 11.5 Å². The van der Waals surface area contributed by atoms with Crippen LogP contribution in [0.1, 0.15) is 31.2 Å². The highest BCUT2D eigenvalue weighted by atomic mass is 35.5. The number of carbonyl (C=O) groups is 1. The number of piperidine rings is 1. The highest BCUT2D eigenvalue weighted by Gasteiger charge is 2.38. The molecular weight excluding hydrogens is 405 g/mol. The number of hydrogen-bond donors (Lipinski definition) is 1. The predicted octanol–water partition coefficient (Wildman–Crippen LogP) is 3.20. The molecule has 0 aromatic carbocycles. The van der Waals surface area contributed by atoms with Crippen LogP contribution in [0.2, 0.25) is 0 Å². The van der Waals surface area contributed by atoms with Gasteiger partial charge in [0.1, 0.15) is 5.82 Å². The molecule has 3 atom stereocenters. The SMILES string of the molecule is Cl.O=C(C1CCCN(c2ncccc2C(F)(F)F)C1)N1CC[C@@H]2CNC[C@@H]2CC1. The number of anilines is 1. The Bertz CT molecular complexity index is 703. The Morgan fingerprint density at radius 3 is 2.45 bits per heavy atom. The van der Waals surface area contributed by atoms with Gasteiger partial charge in [-0.15, -0.1) is 12.4 Å². The van der Waals surface area contributed by atoms with Crippen LogP contribution < -0.4 is 10.2 Å². The molecule has 3 fully saturated rings. The molecule has 0 saturated carbocycles. The van der Waals surface area contributed by atoms with Gasteiger partial charge in [-0.3, -0.25) is 4.79 Å². The molecular formula is C20H28ClF3N4O. The zero-order valence-electron chi connectivity index (χ0n) is 16.3. The highest BCUT2D eigenvalue weighted by molar-refractivity contribution is 5.85. The molecule has 4 heterocycles. The summed E-state index contributed by atoms with van der Waals surface area (Å²) in [5, 5.41) is 3.43. The lowest BCUT2D eigenvalue weighted by atomic mass is 9.92. The highest BCUT2D eigenvalue weighted by Crippen LogP contribution is 2.37. The summed E-state index contributed by atoms with van der Waals surface area (Å²) in [5.41, 5.74) is -0.724. The molecule has 0 aliphatic carbocycles. The number of fused-ring (bicyclic) bond motifs is 1. The lowest BCUT2D eigenvalue weighted by Gasteiger charge is -2.36.